The molecule has 6 nitrogen and oxygen atoms in total. The number of anilines is 2. The quantitative estimate of drug-likeness (QED) is 0.638. The van der Waals surface area contributed by atoms with Gasteiger partial charge in [-0.1, -0.05) is 19.1 Å². The molecule has 2 aromatic rings. The number of nitro groups is 1. The number of non-ortho nitro benzene ring substituents is 1. The van der Waals surface area contributed by atoms with Crippen LogP contribution in [0.1, 0.15) is 42.1 Å². The Labute approximate surface area is 153 Å². The molecule has 0 aliphatic carbocycles. The van der Waals surface area contributed by atoms with Gasteiger partial charge in [-0.15, -0.1) is 0 Å². The number of amides is 1. The Kier molecular flexibility index (Phi) is 5.51. The zero-order valence-corrected chi connectivity index (χ0v) is 14.9. The van der Waals surface area contributed by atoms with E-state index in [1.807, 2.05) is 24.3 Å². The van der Waals surface area contributed by atoms with Gasteiger partial charge >= 0.3 is 0 Å². The first-order chi connectivity index (χ1) is 12.6. The van der Waals surface area contributed by atoms with Crippen LogP contribution in [0.4, 0.5) is 17.1 Å². The smallest absolute Gasteiger partial charge is 0.270 e. The minimum Gasteiger partial charge on any atom is -0.371 e. The molecular formula is C20H23N3O3. The molecule has 1 aliphatic heterocycles. The number of hydrogen-bond donors (Lipinski definition) is 1. The first kappa shape index (κ1) is 17.9. The first-order valence-corrected chi connectivity index (χ1v) is 9.02. The second-order valence-electron chi connectivity index (χ2n) is 6.51. The summed E-state index contributed by atoms with van der Waals surface area (Å²) in [7, 11) is 0. The number of carbonyl (C=O) groups excluding carboxylic acids is 1. The summed E-state index contributed by atoms with van der Waals surface area (Å²) in [6, 6.07) is 12.2. The van der Waals surface area contributed by atoms with Crippen LogP contribution in [0.5, 0.6) is 0 Å². The lowest BCUT2D eigenvalue weighted by molar-refractivity contribution is -0.384. The third-order valence-electron chi connectivity index (χ3n) is 4.73. The fourth-order valence-corrected chi connectivity index (χ4v) is 3.30. The average molecular weight is 353 g/mol. The van der Waals surface area contributed by atoms with Crippen molar-refractivity contribution in [1.29, 1.82) is 0 Å². The Hall–Kier alpha value is -2.89. The molecule has 2 aromatic carbocycles. The Morgan fingerprint density at radius 3 is 2.62 bits per heavy atom. The molecule has 26 heavy (non-hydrogen) atoms. The number of rotatable bonds is 5. The predicted octanol–water partition coefficient (Wildman–Crippen LogP) is 4.40. The Morgan fingerprint density at radius 1 is 1.15 bits per heavy atom. The van der Waals surface area contributed by atoms with Crippen molar-refractivity contribution in [3.05, 3.63) is 63.7 Å². The summed E-state index contributed by atoms with van der Waals surface area (Å²) in [5.74, 6) is -0.317. The summed E-state index contributed by atoms with van der Waals surface area (Å²) < 4.78 is 0. The Balaban J connectivity index is 1.92. The molecule has 0 atom stereocenters. The van der Waals surface area contributed by atoms with Gasteiger partial charge in [-0.3, -0.25) is 14.9 Å². The molecule has 1 fully saturated rings. The standard InChI is InChI=1S/C20H23N3O3/c1-2-15-7-6-8-16(13-15)21-20(24)18-14-17(23(25)26)9-10-19(18)22-11-4-3-5-12-22/h6-10,13-14H,2-5,11-12H2,1H3,(H,21,24). The molecule has 0 bridgehead atoms. The summed E-state index contributed by atoms with van der Waals surface area (Å²) in [4.78, 5) is 25.7. The van der Waals surface area contributed by atoms with Crippen molar-refractivity contribution in [3.63, 3.8) is 0 Å². The third kappa shape index (κ3) is 4.02. The van der Waals surface area contributed by atoms with Crippen molar-refractivity contribution in [2.45, 2.75) is 32.6 Å². The molecule has 1 aliphatic rings. The van der Waals surface area contributed by atoms with E-state index in [1.165, 1.54) is 18.6 Å². The van der Waals surface area contributed by atoms with Gasteiger partial charge in [0.15, 0.2) is 0 Å². The second kappa shape index (κ2) is 7.99. The van der Waals surface area contributed by atoms with Crippen LogP contribution in [0.2, 0.25) is 0 Å². The summed E-state index contributed by atoms with van der Waals surface area (Å²) >= 11 is 0. The maximum Gasteiger partial charge on any atom is 0.270 e. The van der Waals surface area contributed by atoms with Gasteiger partial charge in [0.1, 0.15) is 0 Å². The largest absolute Gasteiger partial charge is 0.371 e. The first-order valence-electron chi connectivity index (χ1n) is 9.02. The van der Waals surface area contributed by atoms with E-state index >= 15 is 0 Å². The van der Waals surface area contributed by atoms with Gasteiger partial charge < -0.3 is 10.2 Å². The van der Waals surface area contributed by atoms with Crippen LogP contribution in [-0.2, 0) is 6.42 Å². The summed E-state index contributed by atoms with van der Waals surface area (Å²) in [5, 5.41) is 14.1. The van der Waals surface area contributed by atoms with Crippen LogP contribution in [-0.4, -0.2) is 23.9 Å². The molecular weight excluding hydrogens is 330 g/mol. The monoisotopic (exact) mass is 353 g/mol. The molecule has 0 spiro atoms. The third-order valence-corrected chi connectivity index (χ3v) is 4.73. The summed E-state index contributed by atoms with van der Waals surface area (Å²) in [6.45, 7) is 3.78. The highest BCUT2D eigenvalue weighted by Crippen LogP contribution is 2.29. The van der Waals surface area contributed by atoms with Crippen LogP contribution in [0.25, 0.3) is 0 Å². The lowest BCUT2D eigenvalue weighted by atomic mass is 10.1. The van der Waals surface area contributed by atoms with Crippen LogP contribution < -0.4 is 10.2 Å². The van der Waals surface area contributed by atoms with Crippen molar-refractivity contribution in [1.82, 2.24) is 0 Å². The molecule has 3 rings (SSSR count). The maximum atomic E-state index is 12.9. The molecule has 6 heteroatoms. The predicted molar refractivity (Wildman–Crippen MR) is 103 cm³/mol. The summed E-state index contributed by atoms with van der Waals surface area (Å²) in [5.41, 5.74) is 2.87. The maximum absolute atomic E-state index is 12.9. The highest BCUT2D eigenvalue weighted by Gasteiger charge is 2.22. The number of benzene rings is 2. The van der Waals surface area contributed by atoms with Crippen molar-refractivity contribution in [3.8, 4) is 0 Å². The molecule has 1 amide bonds. The SMILES string of the molecule is CCc1cccc(NC(=O)c2cc([N+](=O)[O-])ccc2N2CCCCC2)c1. The van der Waals surface area contributed by atoms with Gasteiger partial charge in [0.05, 0.1) is 16.2 Å². The van der Waals surface area contributed by atoms with Gasteiger partial charge in [0, 0.05) is 30.9 Å². The van der Waals surface area contributed by atoms with Crippen molar-refractivity contribution >= 4 is 23.0 Å². The number of carbonyl (C=O) groups is 1. The van der Waals surface area contributed by atoms with Gasteiger partial charge in [-0.05, 0) is 49.4 Å². The van der Waals surface area contributed by atoms with Crippen LogP contribution in [0, 0.1) is 10.1 Å². The van der Waals surface area contributed by atoms with E-state index < -0.39 is 4.92 Å². The molecule has 0 saturated carbocycles. The van der Waals surface area contributed by atoms with E-state index in [4.69, 9.17) is 0 Å². The van der Waals surface area contributed by atoms with E-state index in [1.54, 1.807) is 6.07 Å². The minimum absolute atomic E-state index is 0.0711. The van der Waals surface area contributed by atoms with E-state index in [-0.39, 0.29) is 11.6 Å². The Morgan fingerprint density at radius 2 is 1.92 bits per heavy atom. The lowest BCUT2D eigenvalue weighted by Crippen LogP contribution is -2.31. The number of nitrogens with one attached hydrogen (secondary N) is 1. The van der Waals surface area contributed by atoms with E-state index in [2.05, 4.69) is 17.1 Å². The number of hydrogen-bond acceptors (Lipinski definition) is 4. The zero-order chi connectivity index (χ0) is 18.5. The van der Waals surface area contributed by atoms with Crippen LogP contribution in [0.3, 0.4) is 0 Å². The van der Waals surface area contributed by atoms with Gasteiger partial charge in [-0.25, -0.2) is 0 Å². The normalized spacial score (nSPS) is 14.1. The van der Waals surface area contributed by atoms with E-state index in [0.717, 1.165) is 43.6 Å². The number of piperidine rings is 1. The van der Waals surface area contributed by atoms with Crippen molar-refractivity contribution < 1.29 is 9.72 Å². The molecule has 1 N–H and O–H groups in total. The number of nitrogens with zero attached hydrogens (tertiary/aromatic N) is 2. The second-order valence-corrected chi connectivity index (χ2v) is 6.51. The molecule has 1 heterocycles. The zero-order valence-electron chi connectivity index (χ0n) is 14.9. The molecule has 1 saturated heterocycles. The van der Waals surface area contributed by atoms with Crippen LogP contribution >= 0.6 is 0 Å². The van der Waals surface area contributed by atoms with Gasteiger partial charge in [0.2, 0.25) is 0 Å². The van der Waals surface area contributed by atoms with Crippen molar-refractivity contribution in [2.24, 2.45) is 0 Å². The Bertz CT molecular complexity index is 814. The van der Waals surface area contributed by atoms with Crippen LogP contribution in [0.15, 0.2) is 42.5 Å². The summed E-state index contributed by atoms with van der Waals surface area (Å²) in [6.07, 6.45) is 4.18. The molecule has 136 valence electrons. The van der Waals surface area contributed by atoms with E-state index in [0.29, 0.717) is 11.3 Å². The average Bonchev–Trinajstić information content (AvgIpc) is 2.68. The highest BCUT2D eigenvalue weighted by molar-refractivity contribution is 6.08. The lowest BCUT2D eigenvalue weighted by Gasteiger charge is -2.30. The molecule has 0 unspecified atom stereocenters. The topological polar surface area (TPSA) is 75.5 Å². The minimum atomic E-state index is -0.464. The van der Waals surface area contributed by atoms with E-state index in [9.17, 15) is 14.9 Å². The number of aryl methyl sites for hydroxylation is 1. The van der Waals surface area contributed by atoms with Gasteiger partial charge in [-0.2, -0.15) is 0 Å². The number of nitro benzene ring substituents is 1. The fraction of sp³-hybridized carbons (Fsp3) is 0.350. The highest BCUT2D eigenvalue weighted by atomic mass is 16.6. The molecule has 0 radical (unpaired) electrons. The van der Waals surface area contributed by atoms with Gasteiger partial charge in [0.25, 0.3) is 11.6 Å². The van der Waals surface area contributed by atoms with Crippen molar-refractivity contribution in [2.75, 3.05) is 23.3 Å². The molecule has 0 aromatic heterocycles. The fourth-order valence-electron chi connectivity index (χ4n) is 3.30.